The van der Waals surface area contributed by atoms with Crippen molar-refractivity contribution in [2.24, 2.45) is 0 Å². The molecule has 6 heteroatoms. The largest absolute Gasteiger partial charge is 0.493 e. The van der Waals surface area contributed by atoms with Gasteiger partial charge in [-0.25, -0.2) is 0 Å². The van der Waals surface area contributed by atoms with Gasteiger partial charge >= 0.3 is 0 Å². The Labute approximate surface area is 116 Å². The Morgan fingerprint density at radius 1 is 1.26 bits per heavy atom. The molecule has 1 aliphatic rings. The van der Waals surface area contributed by atoms with Crippen LogP contribution in [0, 0.1) is 4.77 Å². The van der Waals surface area contributed by atoms with Gasteiger partial charge in [-0.1, -0.05) is 0 Å². The molecule has 0 spiro atoms. The number of hydrogen-bond donors (Lipinski definition) is 1. The van der Waals surface area contributed by atoms with Gasteiger partial charge in [-0.2, -0.15) is 5.10 Å². The number of benzene rings is 1. The normalized spacial score (nSPS) is 14.4. The number of H-pyrrole nitrogens is 1. The number of ether oxygens (including phenoxy) is 2. The quantitative estimate of drug-likeness (QED) is 0.873. The lowest BCUT2D eigenvalue weighted by molar-refractivity contribution is 0.355. The summed E-state index contributed by atoms with van der Waals surface area (Å²) in [4.78, 5) is 0. The van der Waals surface area contributed by atoms with Crippen LogP contribution in [0.3, 0.4) is 0 Å². The molecule has 0 radical (unpaired) electrons. The third-order valence-electron chi connectivity index (χ3n) is 3.26. The van der Waals surface area contributed by atoms with E-state index in [2.05, 4.69) is 14.8 Å². The van der Waals surface area contributed by atoms with E-state index in [9.17, 15) is 0 Å². The number of aromatic amines is 1. The van der Waals surface area contributed by atoms with E-state index in [0.717, 1.165) is 24.2 Å². The standard InChI is InChI=1S/C13H15N3O2S/c1-17-10-6-3-8(7-11(10)18-2)12-14-15-13(19)16(12)9-4-5-9/h3,6-7,9H,4-5H2,1-2H3,(H,15,19). The number of methoxy groups -OCH3 is 2. The Kier molecular flexibility index (Phi) is 3.02. The highest BCUT2D eigenvalue weighted by atomic mass is 32.1. The summed E-state index contributed by atoms with van der Waals surface area (Å²) in [6.07, 6.45) is 2.32. The molecule has 3 rings (SSSR count). The average Bonchev–Trinajstić information content (AvgIpc) is 3.20. The predicted octanol–water partition coefficient (Wildman–Crippen LogP) is 2.96. The van der Waals surface area contributed by atoms with Crippen LogP contribution in [0.1, 0.15) is 18.9 Å². The van der Waals surface area contributed by atoms with E-state index in [0.29, 0.717) is 22.3 Å². The Hall–Kier alpha value is -1.82. The molecular formula is C13H15N3O2S. The van der Waals surface area contributed by atoms with Crippen molar-refractivity contribution in [1.29, 1.82) is 0 Å². The molecule has 0 atom stereocenters. The van der Waals surface area contributed by atoms with Crippen LogP contribution in [0.25, 0.3) is 11.4 Å². The van der Waals surface area contributed by atoms with E-state index in [1.165, 1.54) is 0 Å². The highest BCUT2D eigenvalue weighted by Gasteiger charge is 2.27. The van der Waals surface area contributed by atoms with Gasteiger partial charge in [0.2, 0.25) is 0 Å². The van der Waals surface area contributed by atoms with Crippen molar-refractivity contribution in [3.05, 3.63) is 23.0 Å². The minimum Gasteiger partial charge on any atom is -0.493 e. The summed E-state index contributed by atoms with van der Waals surface area (Å²) in [5, 5.41) is 7.19. The maximum atomic E-state index is 5.32. The minimum absolute atomic E-state index is 0.481. The molecule has 1 aromatic heterocycles. The fourth-order valence-corrected chi connectivity index (χ4v) is 2.44. The van der Waals surface area contributed by atoms with Gasteiger partial charge in [0.05, 0.1) is 14.2 Å². The van der Waals surface area contributed by atoms with E-state index >= 15 is 0 Å². The fourth-order valence-electron chi connectivity index (χ4n) is 2.16. The molecule has 100 valence electrons. The Bertz CT molecular complexity index is 658. The molecule has 1 heterocycles. The summed E-state index contributed by atoms with van der Waals surface area (Å²) >= 11 is 5.29. The zero-order chi connectivity index (χ0) is 13.4. The SMILES string of the molecule is COc1ccc(-c2n[nH]c(=S)n2C2CC2)cc1OC. The molecule has 0 bridgehead atoms. The van der Waals surface area contributed by atoms with Gasteiger partial charge in [0.1, 0.15) is 0 Å². The number of hydrogen-bond acceptors (Lipinski definition) is 4. The number of aromatic nitrogens is 3. The van der Waals surface area contributed by atoms with Gasteiger partial charge in [0.15, 0.2) is 22.1 Å². The van der Waals surface area contributed by atoms with Gasteiger partial charge in [0, 0.05) is 11.6 Å². The van der Waals surface area contributed by atoms with Crippen molar-refractivity contribution < 1.29 is 9.47 Å². The molecule has 1 aliphatic carbocycles. The summed E-state index contributed by atoms with van der Waals surface area (Å²) in [5.74, 6) is 2.25. The maximum absolute atomic E-state index is 5.32. The highest BCUT2D eigenvalue weighted by molar-refractivity contribution is 7.71. The topological polar surface area (TPSA) is 52.1 Å². The van der Waals surface area contributed by atoms with Crippen molar-refractivity contribution in [1.82, 2.24) is 14.8 Å². The Balaban J connectivity index is 2.09. The maximum Gasteiger partial charge on any atom is 0.195 e. The van der Waals surface area contributed by atoms with Gasteiger partial charge in [-0.05, 0) is 43.3 Å². The fraction of sp³-hybridized carbons (Fsp3) is 0.385. The zero-order valence-electron chi connectivity index (χ0n) is 10.8. The first-order valence-corrected chi connectivity index (χ1v) is 6.54. The molecule has 19 heavy (non-hydrogen) atoms. The second-order valence-corrected chi connectivity index (χ2v) is 4.91. The van der Waals surface area contributed by atoms with Crippen molar-refractivity contribution in [2.45, 2.75) is 18.9 Å². The summed E-state index contributed by atoms with van der Waals surface area (Å²) in [5.41, 5.74) is 0.969. The summed E-state index contributed by atoms with van der Waals surface area (Å²) < 4.78 is 13.3. The Morgan fingerprint density at radius 3 is 2.63 bits per heavy atom. The summed E-state index contributed by atoms with van der Waals surface area (Å²) in [6.45, 7) is 0. The first-order valence-electron chi connectivity index (χ1n) is 6.14. The molecule has 1 fully saturated rings. The minimum atomic E-state index is 0.481. The smallest absolute Gasteiger partial charge is 0.195 e. The van der Waals surface area contributed by atoms with E-state index in [1.54, 1.807) is 14.2 Å². The number of nitrogens with one attached hydrogen (secondary N) is 1. The van der Waals surface area contributed by atoms with Gasteiger partial charge < -0.3 is 9.47 Å². The average molecular weight is 277 g/mol. The molecule has 1 saturated carbocycles. The summed E-state index contributed by atoms with van der Waals surface area (Å²) in [6, 6.07) is 6.24. The molecule has 2 aromatic rings. The van der Waals surface area contributed by atoms with Crippen molar-refractivity contribution >= 4 is 12.2 Å². The lowest BCUT2D eigenvalue weighted by Crippen LogP contribution is -1.98. The van der Waals surface area contributed by atoms with Crippen LogP contribution < -0.4 is 9.47 Å². The van der Waals surface area contributed by atoms with Gasteiger partial charge in [-0.15, -0.1) is 0 Å². The molecule has 0 unspecified atom stereocenters. The second kappa shape index (κ2) is 4.70. The molecular weight excluding hydrogens is 262 g/mol. The van der Waals surface area contributed by atoms with Crippen LogP contribution >= 0.6 is 12.2 Å². The van der Waals surface area contributed by atoms with E-state index in [1.807, 2.05) is 18.2 Å². The lowest BCUT2D eigenvalue weighted by Gasteiger charge is -2.10. The van der Waals surface area contributed by atoms with Crippen molar-refractivity contribution in [3.63, 3.8) is 0 Å². The molecule has 5 nitrogen and oxygen atoms in total. The first-order chi connectivity index (χ1) is 9.24. The van der Waals surface area contributed by atoms with Crippen LogP contribution in [-0.4, -0.2) is 29.0 Å². The third-order valence-corrected chi connectivity index (χ3v) is 3.55. The van der Waals surface area contributed by atoms with Crippen molar-refractivity contribution in [2.75, 3.05) is 14.2 Å². The van der Waals surface area contributed by atoms with Gasteiger partial charge in [0.25, 0.3) is 0 Å². The lowest BCUT2D eigenvalue weighted by atomic mass is 10.2. The monoisotopic (exact) mass is 277 g/mol. The van der Waals surface area contributed by atoms with Crippen molar-refractivity contribution in [3.8, 4) is 22.9 Å². The van der Waals surface area contributed by atoms with Crippen LogP contribution in [-0.2, 0) is 0 Å². The zero-order valence-corrected chi connectivity index (χ0v) is 11.7. The van der Waals surface area contributed by atoms with E-state index in [-0.39, 0.29) is 0 Å². The second-order valence-electron chi connectivity index (χ2n) is 4.52. The number of nitrogens with zero attached hydrogens (tertiary/aromatic N) is 2. The highest BCUT2D eigenvalue weighted by Crippen LogP contribution is 2.39. The first kappa shape index (κ1) is 12.2. The van der Waals surface area contributed by atoms with Crippen LogP contribution in [0.5, 0.6) is 11.5 Å². The third kappa shape index (κ3) is 2.12. The van der Waals surface area contributed by atoms with Gasteiger partial charge in [-0.3, -0.25) is 9.67 Å². The van der Waals surface area contributed by atoms with Crippen LogP contribution in [0.2, 0.25) is 0 Å². The van der Waals surface area contributed by atoms with Crippen LogP contribution in [0.15, 0.2) is 18.2 Å². The molecule has 1 N–H and O–H groups in total. The Morgan fingerprint density at radius 2 is 2.00 bits per heavy atom. The predicted molar refractivity (Wildman–Crippen MR) is 74.2 cm³/mol. The number of rotatable bonds is 4. The van der Waals surface area contributed by atoms with E-state index < -0.39 is 0 Å². The summed E-state index contributed by atoms with van der Waals surface area (Å²) in [7, 11) is 3.25. The molecule has 1 aromatic carbocycles. The van der Waals surface area contributed by atoms with Crippen LogP contribution in [0.4, 0.5) is 0 Å². The molecule has 0 amide bonds. The van der Waals surface area contributed by atoms with E-state index in [4.69, 9.17) is 21.7 Å². The molecule has 0 saturated heterocycles. The molecule has 0 aliphatic heterocycles.